The summed E-state index contributed by atoms with van der Waals surface area (Å²) in [6.07, 6.45) is 0.315. The molecule has 7 heteroatoms. The van der Waals surface area contributed by atoms with Crippen LogP contribution in [0.2, 0.25) is 0 Å². The summed E-state index contributed by atoms with van der Waals surface area (Å²) in [5.41, 5.74) is 3.08. The van der Waals surface area contributed by atoms with Crippen molar-refractivity contribution in [2.24, 2.45) is 17.0 Å². The molecule has 3 aliphatic rings. The number of amides is 1. The van der Waals surface area contributed by atoms with Crippen molar-refractivity contribution in [2.75, 3.05) is 24.6 Å². The van der Waals surface area contributed by atoms with Gasteiger partial charge in [-0.2, -0.15) is 0 Å². The highest BCUT2D eigenvalue weighted by atomic mass is 32.2. The number of nitrogens with zero attached hydrogens (tertiary/aromatic N) is 2. The molecule has 3 atom stereocenters. The number of aryl methyl sites for hydroxylation is 1. The Labute approximate surface area is 141 Å². The maximum absolute atomic E-state index is 12.6. The third kappa shape index (κ3) is 2.70. The van der Waals surface area contributed by atoms with E-state index in [0.29, 0.717) is 19.5 Å². The van der Waals surface area contributed by atoms with E-state index in [4.69, 9.17) is 4.84 Å². The maximum atomic E-state index is 12.6. The third-order valence-corrected chi connectivity index (χ3v) is 6.91. The summed E-state index contributed by atoms with van der Waals surface area (Å²) < 4.78 is 23.2. The van der Waals surface area contributed by atoms with Crippen LogP contribution in [0.3, 0.4) is 0 Å². The number of hydrogen-bond donors (Lipinski definition) is 0. The Kier molecular flexibility index (Phi) is 3.63. The monoisotopic (exact) mass is 348 g/mol. The molecule has 0 bridgehead atoms. The van der Waals surface area contributed by atoms with Gasteiger partial charge in [-0.3, -0.25) is 4.79 Å². The van der Waals surface area contributed by atoms with Crippen LogP contribution in [0.4, 0.5) is 0 Å². The van der Waals surface area contributed by atoms with Gasteiger partial charge in [-0.15, -0.1) is 0 Å². The fourth-order valence-corrected chi connectivity index (χ4v) is 5.49. The van der Waals surface area contributed by atoms with Gasteiger partial charge in [-0.25, -0.2) is 8.42 Å². The van der Waals surface area contributed by atoms with Crippen LogP contribution >= 0.6 is 0 Å². The number of sulfone groups is 1. The second-order valence-electron chi connectivity index (χ2n) is 6.94. The van der Waals surface area contributed by atoms with E-state index < -0.39 is 15.8 Å². The molecule has 0 radical (unpaired) electrons. The highest BCUT2D eigenvalue weighted by molar-refractivity contribution is 7.91. The fourth-order valence-electron chi connectivity index (χ4n) is 3.75. The highest BCUT2D eigenvalue weighted by Crippen LogP contribution is 2.32. The zero-order chi connectivity index (χ0) is 16.9. The molecule has 1 amide bonds. The summed E-state index contributed by atoms with van der Waals surface area (Å²) >= 11 is 0. The molecule has 0 spiro atoms. The molecular formula is C17H20N2O4S. The number of carbonyl (C=O) groups is 1. The van der Waals surface area contributed by atoms with Crippen molar-refractivity contribution in [3.63, 3.8) is 0 Å². The van der Waals surface area contributed by atoms with Crippen LogP contribution in [0.15, 0.2) is 29.4 Å². The van der Waals surface area contributed by atoms with Crippen LogP contribution in [0, 0.1) is 18.8 Å². The first-order valence-corrected chi connectivity index (χ1v) is 10.0. The summed E-state index contributed by atoms with van der Waals surface area (Å²) in [5.74, 6) is -0.283. The molecule has 6 nitrogen and oxygen atoms in total. The molecule has 0 unspecified atom stereocenters. The Morgan fingerprint density at radius 3 is 2.67 bits per heavy atom. The van der Waals surface area contributed by atoms with Gasteiger partial charge in [0.1, 0.15) is 0 Å². The Bertz CT molecular complexity index is 800. The second kappa shape index (κ2) is 5.58. The lowest BCUT2D eigenvalue weighted by molar-refractivity contribution is -0.134. The van der Waals surface area contributed by atoms with E-state index in [1.807, 2.05) is 31.2 Å². The molecule has 24 heavy (non-hydrogen) atoms. The van der Waals surface area contributed by atoms with Gasteiger partial charge < -0.3 is 9.74 Å². The molecule has 3 aliphatic heterocycles. The predicted octanol–water partition coefficient (Wildman–Crippen LogP) is 0.991. The van der Waals surface area contributed by atoms with Crippen molar-refractivity contribution >= 4 is 21.5 Å². The number of oxime groups is 1. The van der Waals surface area contributed by atoms with Crippen molar-refractivity contribution in [2.45, 2.75) is 19.4 Å². The zero-order valence-corrected chi connectivity index (χ0v) is 14.3. The molecule has 2 fully saturated rings. The molecule has 128 valence electrons. The van der Waals surface area contributed by atoms with Crippen molar-refractivity contribution in [3.8, 4) is 0 Å². The first-order valence-electron chi connectivity index (χ1n) is 8.23. The minimum absolute atomic E-state index is 0.0164. The Morgan fingerprint density at radius 2 is 2.00 bits per heavy atom. The predicted molar refractivity (Wildman–Crippen MR) is 89.4 cm³/mol. The number of hydrogen-bond acceptors (Lipinski definition) is 5. The van der Waals surface area contributed by atoms with Gasteiger partial charge >= 0.3 is 0 Å². The van der Waals surface area contributed by atoms with Crippen LogP contribution < -0.4 is 0 Å². The van der Waals surface area contributed by atoms with E-state index in [1.54, 1.807) is 4.90 Å². The summed E-state index contributed by atoms with van der Waals surface area (Å²) in [6, 6.07) is 8.11. The van der Waals surface area contributed by atoms with E-state index in [2.05, 4.69) is 5.16 Å². The average molecular weight is 348 g/mol. The molecule has 0 aromatic heterocycles. The van der Waals surface area contributed by atoms with Gasteiger partial charge in [0, 0.05) is 6.54 Å². The summed E-state index contributed by atoms with van der Waals surface area (Å²) in [7, 11) is -3.05. The largest absolute Gasteiger partial charge is 0.390 e. The summed E-state index contributed by atoms with van der Waals surface area (Å²) in [4.78, 5) is 19.9. The van der Waals surface area contributed by atoms with E-state index in [1.165, 1.54) is 5.56 Å². The molecule has 0 aliphatic carbocycles. The lowest BCUT2D eigenvalue weighted by Crippen LogP contribution is -2.36. The molecule has 1 aromatic carbocycles. The Hall–Kier alpha value is -1.89. The standard InChI is InChI=1S/C17H20N2O4S/c1-11-2-4-12(5-3-11)16-14-8-19(9-15(14)23-18-16)17(20)13-6-7-24(21,22)10-13/h2-5,13-15H,6-10H2,1H3/t13-,14-,15+/m0/s1. The van der Waals surface area contributed by atoms with Gasteiger partial charge in [-0.05, 0) is 18.9 Å². The van der Waals surface area contributed by atoms with Gasteiger partial charge in [0.2, 0.25) is 5.91 Å². The van der Waals surface area contributed by atoms with Crippen molar-refractivity contribution in [1.29, 1.82) is 0 Å². The van der Waals surface area contributed by atoms with Crippen LogP contribution in [-0.4, -0.2) is 55.6 Å². The highest BCUT2D eigenvalue weighted by Gasteiger charge is 2.46. The van der Waals surface area contributed by atoms with Gasteiger partial charge in [-0.1, -0.05) is 35.0 Å². The van der Waals surface area contributed by atoms with Crippen molar-refractivity contribution in [1.82, 2.24) is 4.90 Å². The van der Waals surface area contributed by atoms with Crippen LogP contribution in [-0.2, 0) is 19.5 Å². The van der Waals surface area contributed by atoms with Crippen LogP contribution in [0.25, 0.3) is 0 Å². The van der Waals surface area contributed by atoms with Crippen molar-refractivity contribution in [3.05, 3.63) is 35.4 Å². The van der Waals surface area contributed by atoms with E-state index in [-0.39, 0.29) is 29.4 Å². The molecule has 0 N–H and O–H groups in total. The Morgan fingerprint density at radius 1 is 1.25 bits per heavy atom. The number of rotatable bonds is 2. The topological polar surface area (TPSA) is 76.0 Å². The SMILES string of the molecule is Cc1ccc(C2=NO[C@@H]3CN(C(=O)[C@H]4CCS(=O)(=O)C4)C[C@H]23)cc1. The number of carbonyl (C=O) groups excluding carboxylic acids is 1. The molecule has 1 aromatic rings. The lowest BCUT2D eigenvalue weighted by Gasteiger charge is -2.20. The van der Waals surface area contributed by atoms with Crippen LogP contribution in [0.1, 0.15) is 17.5 Å². The van der Waals surface area contributed by atoms with Gasteiger partial charge in [0.25, 0.3) is 0 Å². The van der Waals surface area contributed by atoms with E-state index in [9.17, 15) is 13.2 Å². The van der Waals surface area contributed by atoms with Crippen molar-refractivity contribution < 1.29 is 18.0 Å². The second-order valence-corrected chi connectivity index (χ2v) is 9.16. The number of benzene rings is 1. The summed E-state index contributed by atoms with van der Waals surface area (Å²) in [6.45, 7) is 3.07. The maximum Gasteiger partial charge on any atom is 0.226 e. The minimum atomic E-state index is -3.05. The molecule has 4 rings (SSSR count). The molecule has 3 heterocycles. The summed E-state index contributed by atoms with van der Waals surface area (Å²) in [5, 5.41) is 4.22. The van der Waals surface area contributed by atoms with Gasteiger partial charge in [0.15, 0.2) is 15.9 Å². The van der Waals surface area contributed by atoms with Crippen LogP contribution in [0.5, 0.6) is 0 Å². The Balaban J connectivity index is 1.47. The number of likely N-dealkylation sites (tertiary alicyclic amines) is 1. The quantitative estimate of drug-likeness (QED) is 0.799. The molecule has 0 saturated carbocycles. The number of fused-ring (bicyclic) bond motifs is 1. The molecule has 2 saturated heterocycles. The van der Waals surface area contributed by atoms with E-state index in [0.717, 1.165) is 11.3 Å². The third-order valence-electron chi connectivity index (χ3n) is 5.14. The zero-order valence-electron chi connectivity index (χ0n) is 13.5. The smallest absolute Gasteiger partial charge is 0.226 e. The first-order chi connectivity index (χ1) is 11.4. The first kappa shape index (κ1) is 15.6. The van der Waals surface area contributed by atoms with E-state index >= 15 is 0 Å². The minimum Gasteiger partial charge on any atom is -0.390 e. The molecular weight excluding hydrogens is 328 g/mol. The lowest BCUT2D eigenvalue weighted by atomic mass is 9.94. The normalized spacial score (nSPS) is 30.8. The van der Waals surface area contributed by atoms with Gasteiger partial charge in [0.05, 0.1) is 35.6 Å². The average Bonchev–Trinajstić information content (AvgIpc) is 3.21. The fraction of sp³-hybridized carbons (Fsp3) is 0.529.